The Morgan fingerprint density at radius 2 is 0.878 bits per heavy atom. The fourth-order valence-electron chi connectivity index (χ4n) is 7.08. The zero-order valence-electron chi connectivity index (χ0n) is 28.5. The molecule has 0 aromatic carbocycles. The third kappa shape index (κ3) is 16.9. The van der Waals surface area contributed by atoms with Crippen LogP contribution in [0.4, 0.5) is 0 Å². The third-order valence-electron chi connectivity index (χ3n) is 8.56. The van der Waals surface area contributed by atoms with Crippen LogP contribution in [0.1, 0.15) is 92.9 Å². The summed E-state index contributed by atoms with van der Waals surface area (Å²) in [7, 11) is -1.78. The van der Waals surface area contributed by atoms with E-state index in [0.717, 1.165) is 50.7 Å². The summed E-state index contributed by atoms with van der Waals surface area (Å²) in [4.78, 5) is 11.3. The van der Waals surface area contributed by atoms with Gasteiger partial charge in [0.25, 0.3) is 0 Å². The summed E-state index contributed by atoms with van der Waals surface area (Å²) in [5, 5.41) is 0. The molecule has 0 heterocycles. The molecule has 4 atom stereocenters. The first kappa shape index (κ1) is 40.2. The molecule has 2 rings (SSSR count). The first-order chi connectivity index (χ1) is 19.0. The first-order valence-corrected chi connectivity index (χ1v) is 27.9. The second-order valence-corrected chi connectivity index (χ2v) is 29.4. The minimum absolute atomic E-state index is 0.406. The molecule has 0 aromatic heterocycles. The molecule has 41 heavy (non-hydrogen) atoms. The van der Waals surface area contributed by atoms with Crippen LogP contribution < -0.4 is 0 Å². The van der Waals surface area contributed by atoms with E-state index >= 15 is 0 Å². The van der Waals surface area contributed by atoms with Crippen LogP contribution in [0.25, 0.3) is 0 Å². The van der Waals surface area contributed by atoms with Crippen molar-refractivity contribution in [3.63, 3.8) is 0 Å². The number of aliphatic imine (C=N–C) groups is 2. The molecule has 2 fully saturated rings. The van der Waals surface area contributed by atoms with E-state index in [0.29, 0.717) is 35.8 Å². The molecule has 0 radical (unpaired) electrons. The zero-order valence-corrected chi connectivity index (χ0v) is 34.6. The molecule has 4 nitrogen and oxygen atoms in total. The monoisotopic (exact) mass is 780 g/mol. The van der Waals surface area contributed by atoms with Gasteiger partial charge in [-0.1, -0.05) is 41.5 Å². The van der Waals surface area contributed by atoms with E-state index in [1.54, 1.807) is 0 Å². The van der Waals surface area contributed by atoms with Crippen LogP contribution in [0, 0.1) is 35.5 Å². The van der Waals surface area contributed by atoms with Crippen molar-refractivity contribution in [1.29, 1.82) is 0 Å². The van der Waals surface area contributed by atoms with Crippen LogP contribution in [0.5, 0.6) is 0 Å². The van der Waals surface area contributed by atoms with Crippen LogP contribution in [0.15, 0.2) is 9.98 Å². The molecule has 2 aliphatic carbocycles. The van der Waals surface area contributed by atoms with Gasteiger partial charge < -0.3 is 8.85 Å². The van der Waals surface area contributed by atoms with Gasteiger partial charge in [0.1, 0.15) is 0 Å². The number of rotatable bonds is 13. The molecule has 2 aliphatic rings. The van der Waals surface area contributed by atoms with E-state index in [4.69, 9.17) is 18.8 Å². The van der Waals surface area contributed by atoms with Crippen molar-refractivity contribution in [1.82, 2.24) is 0 Å². The molecule has 0 bridgehead atoms. The van der Waals surface area contributed by atoms with Crippen LogP contribution >= 0.6 is 28.5 Å². The van der Waals surface area contributed by atoms with Crippen LogP contribution in [-0.4, -0.2) is 53.4 Å². The fourth-order valence-corrected chi connectivity index (χ4v) is 8.60. The zero-order chi connectivity index (χ0) is 31.4. The Bertz CT molecular complexity index is 716. The van der Waals surface area contributed by atoms with Crippen molar-refractivity contribution in [3.8, 4) is 0 Å². The predicted octanol–water partition coefficient (Wildman–Crippen LogP) is 11.0. The average molecular weight is 784 g/mol. The maximum absolute atomic E-state index is 6.27. The molecule has 9 heteroatoms. The second kappa shape index (κ2) is 19.6. The SMILES string of the molecule is CC1CC(C)C(N=C(CCCO[Si](C)(C)C)C(CCCO[Si](C)(C)C)=NC2C(C)CC(C)CC2C)C(C)C1.[Br][Ni][Br]. The van der Waals surface area contributed by atoms with E-state index in [1.165, 1.54) is 48.0 Å². The molecule has 0 aliphatic heterocycles. The normalized spacial score (nSPS) is 32.0. The number of hydrogen-bond donors (Lipinski definition) is 0. The van der Waals surface area contributed by atoms with Gasteiger partial charge >= 0.3 is 39.3 Å². The van der Waals surface area contributed by atoms with E-state index in [1.807, 2.05) is 0 Å². The summed E-state index contributed by atoms with van der Waals surface area (Å²) in [6.45, 7) is 29.9. The number of halogens is 2. The molecular formula is C32H64Br2N2NiO2Si2. The van der Waals surface area contributed by atoms with Gasteiger partial charge in [0.2, 0.25) is 0 Å². The minimum atomic E-state index is -1.52. The van der Waals surface area contributed by atoms with Gasteiger partial charge in [-0.15, -0.1) is 0 Å². The van der Waals surface area contributed by atoms with Gasteiger partial charge in [-0.25, -0.2) is 0 Å². The van der Waals surface area contributed by atoms with Gasteiger partial charge in [-0.3, -0.25) is 9.98 Å². The van der Waals surface area contributed by atoms with Crippen molar-refractivity contribution in [3.05, 3.63) is 0 Å². The van der Waals surface area contributed by atoms with Crippen LogP contribution in [0.3, 0.4) is 0 Å². The average Bonchev–Trinajstić information content (AvgIpc) is 2.80. The molecule has 0 amide bonds. The van der Waals surface area contributed by atoms with E-state index in [-0.39, 0.29) is 0 Å². The van der Waals surface area contributed by atoms with Crippen LogP contribution in [0.2, 0.25) is 39.3 Å². The number of hydrogen-bond acceptors (Lipinski definition) is 4. The van der Waals surface area contributed by atoms with Crippen molar-refractivity contribution < 1.29 is 19.7 Å². The van der Waals surface area contributed by atoms with Crippen molar-refractivity contribution in [2.45, 2.75) is 144 Å². The first-order valence-electron chi connectivity index (χ1n) is 16.2. The molecule has 2 saturated carbocycles. The Morgan fingerprint density at radius 3 is 1.12 bits per heavy atom. The molecule has 246 valence electrons. The fraction of sp³-hybridized carbons (Fsp3) is 0.938. The van der Waals surface area contributed by atoms with Crippen molar-refractivity contribution in [2.24, 2.45) is 45.5 Å². The quantitative estimate of drug-likeness (QED) is 0.106. The van der Waals surface area contributed by atoms with Crippen molar-refractivity contribution in [2.75, 3.05) is 13.2 Å². The van der Waals surface area contributed by atoms with E-state index < -0.39 is 16.6 Å². The summed E-state index contributed by atoms with van der Waals surface area (Å²) in [6, 6.07) is 0.813. The summed E-state index contributed by atoms with van der Waals surface area (Å²) in [5.74, 6) is 4.13. The van der Waals surface area contributed by atoms with Gasteiger partial charge in [-0.05, 0) is 126 Å². The van der Waals surface area contributed by atoms with Gasteiger partial charge in [0.15, 0.2) is 16.6 Å². The second-order valence-electron chi connectivity index (χ2n) is 15.4. The molecule has 4 unspecified atom stereocenters. The predicted molar refractivity (Wildman–Crippen MR) is 191 cm³/mol. The molecule has 0 spiro atoms. The molecular weight excluding hydrogens is 719 g/mol. The Morgan fingerprint density at radius 1 is 0.610 bits per heavy atom. The summed E-state index contributed by atoms with van der Waals surface area (Å²) in [5.41, 5.74) is 2.57. The Hall–Kier alpha value is 1.15. The topological polar surface area (TPSA) is 43.2 Å². The van der Waals surface area contributed by atoms with Crippen molar-refractivity contribution >= 4 is 56.5 Å². The van der Waals surface area contributed by atoms with Crippen LogP contribution in [-0.2, 0) is 19.7 Å². The number of nitrogens with zero attached hydrogens (tertiary/aromatic N) is 2. The molecule has 0 N–H and O–H groups in total. The maximum atomic E-state index is 6.27. The Labute approximate surface area is 277 Å². The Kier molecular flexibility index (Phi) is 19.2. The standard InChI is InChI=1S/C32H64N2O2Si2.2BrH.Ni/c1-23-19-25(3)31(26(4)20-23)33-29(15-13-17-35-37(7,8)9)30(16-14-18-36-38(10,11)12)34-32-27(5)21-24(2)22-28(32)6;;;/h23-28,31-32H,13-22H2,1-12H3;2*1H;/q;;;+2/p-2. The molecule has 0 aromatic rings. The van der Waals surface area contributed by atoms with Gasteiger partial charge in [-0.2, -0.15) is 0 Å². The third-order valence-corrected chi connectivity index (χ3v) is 10.7. The van der Waals surface area contributed by atoms with E-state index in [9.17, 15) is 0 Å². The Balaban J connectivity index is 0.00000268. The summed E-state index contributed by atoms with van der Waals surface area (Å²) < 4.78 is 12.5. The summed E-state index contributed by atoms with van der Waals surface area (Å²) >= 11 is 6.00. The molecule has 0 saturated heterocycles. The van der Waals surface area contributed by atoms with E-state index in [2.05, 4.69) is 109 Å². The summed E-state index contributed by atoms with van der Waals surface area (Å²) in [6.07, 6.45) is 9.18. The van der Waals surface area contributed by atoms with Gasteiger partial charge in [0, 0.05) is 13.2 Å². The van der Waals surface area contributed by atoms with Gasteiger partial charge in [0.05, 0.1) is 23.5 Å².